The van der Waals surface area contributed by atoms with Crippen LogP contribution in [0.15, 0.2) is 60.9 Å². The van der Waals surface area contributed by atoms with Crippen LogP contribution in [-0.4, -0.2) is 32.6 Å². The van der Waals surface area contributed by atoms with Crippen LogP contribution in [0, 0.1) is 17.0 Å². The van der Waals surface area contributed by atoms with Crippen molar-refractivity contribution in [2.45, 2.75) is 20.0 Å². The van der Waals surface area contributed by atoms with Crippen molar-refractivity contribution in [2.24, 2.45) is 0 Å². The number of benzene rings is 2. The highest BCUT2D eigenvalue weighted by atomic mass is 16.6. The third-order valence-corrected chi connectivity index (χ3v) is 4.28. The molecule has 0 N–H and O–H groups in total. The van der Waals surface area contributed by atoms with Gasteiger partial charge in [-0.25, -0.2) is 0 Å². The zero-order chi connectivity index (χ0) is 19.4. The number of aromatic nitrogens is 2. The molecule has 1 amide bonds. The monoisotopic (exact) mass is 364 g/mol. The number of hydrogen-bond acceptors (Lipinski definition) is 4. The van der Waals surface area contributed by atoms with Gasteiger partial charge in [0.2, 0.25) is 0 Å². The topological polar surface area (TPSA) is 81.3 Å². The van der Waals surface area contributed by atoms with Gasteiger partial charge in [-0.1, -0.05) is 30.3 Å². The summed E-state index contributed by atoms with van der Waals surface area (Å²) in [4.78, 5) is 24.6. The number of nitro benzene ring substituents is 1. The van der Waals surface area contributed by atoms with Crippen molar-refractivity contribution in [3.8, 4) is 0 Å². The van der Waals surface area contributed by atoms with E-state index >= 15 is 0 Å². The van der Waals surface area contributed by atoms with Crippen LogP contribution in [0.4, 0.5) is 5.69 Å². The highest BCUT2D eigenvalue weighted by Crippen LogP contribution is 2.20. The summed E-state index contributed by atoms with van der Waals surface area (Å²) in [6.07, 6.45) is 3.66. The number of amides is 1. The van der Waals surface area contributed by atoms with E-state index in [1.165, 1.54) is 12.1 Å². The normalized spacial score (nSPS) is 10.6. The third-order valence-electron chi connectivity index (χ3n) is 4.28. The van der Waals surface area contributed by atoms with Gasteiger partial charge in [0.05, 0.1) is 17.7 Å². The van der Waals surface area contributed by atoms with E-state index < -0.39 is 4.92 Å². The zero-order valence-electron chi connectivity index (χ0n) is 15.2. The average Bonchev–Trinajstić information content (AvgIpc) is 3.08. The van der Waals surface area contributed by atoms with Gasteiger partial charge < -0.3 is 4.90 Å². The van der Waals surface area contributed by atoms with Gasteiger partial charge in [-0.3, -0.25) is 19.6 Å². The quantitative estimate of drug-likeness (QED) is 0.496. The maximum atomic E-state index is 12.6. The van der Waals surface area contributed by atoms with Crippen molar-refractivity contribution in [1.82, 2.24) is 14.7 Å². The Labute approximate surface area is 157 Å². The highest BCUT2D eigenvalue weighted by Gasteiger charge is 2.17. The van der Waals surface area contributed by atoms with Crippen molar-refractivity contribution >= 4 is 11.6 Å². The van der Waals surface area contributed by atoms with E-state index in [9.17, 15) is 14.9 Å². The Bertz CT molecular complexity index is 966. The molecule has 3 rings (SSSR count). The number of nitro groups is 1. The summed E-state index contributed by atoms with van der Waals surface area (Å²) in [5, 5.41) is 15.3. The summed E-state index contributed by atoms with van der Waals surface area (Å²) in [5.41, 5.74) is 2.97. The summed E-state index contributed by atoms with van der Waals surface area (Å²) in [5.74, 6) is -0.191. The van der Waals surface area contributed by atoms with Crippen molar-refractivity contribution < 1.29 is 9.72 Å². The minimum Gasteiger partial charge on any atom is -0.337 e. The lowest BCUT2D eigenvalue weighted by Crippen LogP contribution is -2.26. The van der Waals surface area contributed by atoms with Crippen LogP contribution < -0.4 is 0 Å². The van der Waals surface area contributed by atoms with Crippen LogP contribution in [-0.2, 0) is 13.1 Å². The Balaban J connectivity index is 1.66. The molecule has 7 nitrogen and oxygen atoms in total. The summed E-state index contributed by atoms with van der Waals surface area (Å²) in [7, 11) is 1.70. The number of carbonyl (C=O) groups excluding carboxylic acids is 1. The lowest BCUT2D eigenvalue weighted by molar-refractivity contribution is -0.385. The Hall–Kier alpha value is -3.48. The maximum Gasteiger partial charge on any atom is 0.272 e. The zero-order valence-corrected chi connectivity index (χ0v) is 15.2. The van der Waals surface area contributed by atoms with Crippen LogP contribution in [0.25, 0.3) is 0 Å². The second kappa shape index (κ2) is 7.82. The van der Waals surface area contributed by atoms with Crippen molar-refractivity contribution in [2.75, 3.05) is 7.05 Å². The van der Waals surface area contributed by atoms with Gasteiger partial charge >= 0.3 is 0 Å². The first-order valence-electron chi connectivity index (χ1n) is 8.50. The van der Waals surface area contributed by atoms with E-state index in [0.29, 0.717) is 24.2 Å². The first-order chi connectivity index (χ1) is 12.9. The Morgan fingerprint density at radius 2 is 1.93 bits per heavy atom. The fourth-order valence-corrected chi connectivity index (χ4v) is 2.90. The Morgan fingerprint density at radius 3 is 2.59 bits per heavy atom. The molecule has 0 fully saturated rings. The molecule has 0 aliphatic heterocycles. The third kappa shape index (κ3) is 4.38. The molecule has 0 spiro atoms. The summed E-state index contributed by atoms with van der Waals surface area (Å²) in [6.45, 7) is 2.70. The predicted octanol–water partition coefficient (Wildman–Crippen LogP) is 3.42. The molecule has 0 aliphatic rings. The maximum absolute atomic E-state index is 12.6. The molecule has 0 aliphatic carbocycles. The molecular weight excluding hydrogens is 344 g/mol. The van der Waals surface area contributed by atoms with Crippen LogP contribution in [0.1, 0.15) is 27.0 Å². The van der Waals surface area contributed by atoms with E-state index in [1.807, 2.05) is 41.2 Å². The number of nitrogens with zero attached hydrogens (tertiary/aromatic N) is 4. The lowest BCUT2D eigenvalue weighted by Gasteiger charge is -2.16. The second-order valence-corrected chi connectivity index (χ2v) is 6.45. The molecule has 0 radical (unpaired) electrons. The van der Waals surface area contributed by atoms with Crippen molar-refractivity contribution in [1.29, 1.82) is 0 Å². The smallest absolute Gasteiger partial charge is 0.272 e. The van der Waals surface area contributed by atoms with E-state index in [0.717, 1.165) is 11.1 Å². The minimum atomic E-state index is -0.450. The van der Waals surface area contributed by atoms with Crippen molar-refractivity contribution in [3.05, 3.63) is 93.3 Å². The predicted molar refractivity (Wildman–Crippen MR) is 101 cm³/mol. The van der Waals surface area contributed by atoms with Crippen LogP contribution in [0.3, 0.4) is 0 Å². The largest absolute Gasteiger partial charge is 0.337 e. The van der Waals surface area contributed by atoms with Gasteiger partial charge in [-0.15, -0.1) is 0 Å². The number of rotatable bonds is 6. The fraction of sp³-hybridized carbons (Fsp3) is 0.200. The first-order valence-corrected chi connectivity index (χ1v) is 8.50. The SMILES string of the molecule is Cc1cc(C(=O)N(C)Cc2cnn(Cc3ccccc3)c2)ccc1[N+](=O)[O-]. The van der Waals surface area contributed by atoms with Gasteiger partial charge in [-0.2, -0.15) is 5.10 Å². The van der Waals surface area contributed by atoms with E-state index in [-0.39, 0.29) is 11.6 Å². The molecule has 0 bridgehead atoms. The molecule has 2 aromatic carbocycles. The van der Waals surface area contributed by atoms with Gasteiger partial charge in [0.15, 0.2) is 0 Å². The number of carbonyl (C=O) groups is 1. The Kier molecular flexibility index (Phi) is 5.30. The van der Waals surface area contributed by atoms with E-state index in [4.69, 9.17) is 0 Å². The van der Waals surface area contributed by atoms with Gasteiger partial charge in [0.25, 0.3) is 11.6 Å². The van der Waals surface area contributed by atoms with Gasteiger partial charge in [0.1, 0.15) is 0 Å². The Morgan fingerprint density at radius 1 is 1.19 bits per heavy atom. The molecule has 1 heterocycles. The van der Waals surface area contributed by atoms with E-state index in [1.54, 1.807) is 31.1 Å². The number of hydrogen-bond donors (Lipinski definition) is 0. The van der Waals surface area contributed by atoms with Crippen LogP contribution in [0.5, 0.6) is 0 Å². The molecule has 0 atom stereocenters. The molecule has 138 valence electrons. The number of aryl methyl sites for hydroxylation is 1. The first kappa shape index (κ1) is 18.3. The standard InChI is InChI=1S/C20H20N4O3/c1-15-10-18(8-9-19(15)24(26)27)20(25)22(2)12-17-11-21-23(14-17)13-16-6-4-3-5-7-16/h3-11,14H,12-13H2,1-2H3. The van der Waals surface area contributed by atoms with Crippen LogP contribution >= 0.6 is 0 Å². The summed E-state index contributed by atoms with van der Waals surface area (Å²) in [6, 6.07) is 14.4. The highest BCUT2D eigenvalue weighted by molar-refractivity contribution is 5.94. The van der Waals surface area contributed by atoms with Gasteiger partial charge in [-0.05, 0) is 24.6 Å². The van der Waals surface area contributed by atoms with Crippen LogP contribution in [0.2, 0.25) is 0 Å². The van der Waals surface area contributed by atoms with Crippen molar-refractivity contribution in [3.63, 3.8) is 0 Å². The molecule has 0 saturated heterocycles. The summed E-state index contributed by atoms with van der Waals surface area (Å²) >= 11 is 0. The van der Waals surface area contributed by atoms with E-state index in [2.05, 4.69) is 5.10 Å². The molecular formula is C20H20N4O3. The molecule has 0 unspecified atom stereocenters. The minimum absolute atomic E-state index is 0.0105. The molecule has 3 aromatic rings. The summed E-state index contributed by atoms with van der Waals surface area (Å²) < 4.78 is 1.83. The molecule has 27 heavy (non-hydrogen) atoms. The average molecular weight is 364 g/mol. The molecule has 7 heteroatoms. The fourth-order valence-electron chi connectivity index (χ4n) is 2.90. The lowest BCUT2D eigenvalue weighted by atomic mass is 10.1. The second-order valence-electron chi connectivity index (χ2n) is 6.45. The molecule has 0 saturated carbocycles. The molecule has 1 aromatic heterocycles. The van der Waals surface area contributed by atoms with Gasteiger partial charge in [0, 0.05) is 42.5 Å².